The molecular formula is C24H28O10S. The van der Waals surface area contributed by atoms with Gasteiger partial charge in [-0.3, -0.25) is 9.59 Å². The standard InChI is InChI=1S/C24H28O10S/c1-3-19(25)10-33-23(29)17-6-4-16-9-18(7-5-15(16)8-17)24(30)34-12-20(26)11-32-22(28)14-35-13-21(27)31-2/h4-9,19-20,25-26H,3,10-14H2,1-2H3. The minimum Gasteiger partial charge on any atom is -0.468 e. The number of rotatable bonds is 13. The molecular weight excluding hydrogens is 480 g/mol. The van der Waals surface area contributed by atoms with Crippen LogP contribution < -0.4 is 0 Å². The van der Waals surface area contributed by atoms with Crippen molar-refractivity contribution in [3.63, 3.8) is 0 Å². The summed E-state index contributed by atoms with van der Waals surface area (Å²) in [6.07, 6.45) is -1.45. The number of carbonyl (C=O) groups excluding carboxylic acids is 4. The van der Waals surface area contributed by atoms with Crippen molar-refractivity contribution >= 4 is 46.4 Å². The number of aliphatic hydroxyl groups is 2. The maximum absolute atomic E-state index is 12.3. The first-order chi connectivity index (χ1) is 16.7. The molecule has 2 N–H and O–H groups in total. The van der Waals surface area contributed by atoms with Crippen LogP contribution in [0.2, 0.25) is 0 Å². The summed E-state index contributed by atoms with van der Waals surface area (Å²) < 4.78 is 19.5. The van der Waals surface area contributed by atoms with Crippen LogP contribution in [0.3, 0.4) is 0 Å². The summed E-state index contributed by atoms with van der Waals surface area (Å²) in [5.41, 5.74) is 0.555. The Balaban J connectivity index is 1.82. The zero-order valence-electron chi connectivity index (χ0n) is 19.4. The Morgan fingerprint density at radius 1 is 0.771 bits per heavy atom. The average molecular weight is 509 g/mol. The van der Waals surface area contributed by atoms with E-state index in [0.29, 0.717) is 22.8 Å². The molecule has 35 heavy (non-hydrogen) atoms. The smallest absolute Gasteiger partial charge is 0.338 e. The molecule has 0 spiro atoms. The van der Waals surface area contributed by atoms with Crippen LogP contribution in [0.4, 0.5) is 0 Å². The van der Waals surface area contributed by atoms with Gasteiger partial charge in [-0.1, -0.05) is 19.1 Å². The van der Waals surface area contributed by atoms with Crippen molar-refractivity contribution in [2.24, 2.45) is 0 Å². The van der Waals surface area contributed by atoms with Gasteiger partial charge in [0.2, 0.25) is 0 Å². The molecule has 0 fully saturated rings. The second-order valence-electron chi connectivity index (χ2n) is 7.44. The Hall–Kier alpha value is -3.15. The van der Waals surface area contributed by atoms with Crippen molar-refractivity contribution in [3.05, 3.63) is 47.5 Å². The van der Waals surface area contributed by atoms with Crippen LogP contribution in [-0.4, -0.2) is 84.7 Å². The van der Waals surface area contributed by atoms with Gasteiger partial charge >= 0.3 is 23.9 Å². The zero-order valence-corrected chi connectivity index (χ0v) is 20.2. The number of hydrogen-bond donors (Lipinski definition) is 2. The van der Waals surface area contributed by atoms with Gasteiger partial charge in [0.05, 0.1) is 35.8 Å². The second kappa shape index (κ2) is 14.3. The topological polar surface area (TPSA) is 146 Å². The van der Waals surface area contributed by atoms with Crippen LogP contribution in [0.25, 0.3) is 10.8 Å². The van der Waals surface area contributed by atoms with Gasteiger partial charge < -0.3 is 29.2 Å². The molecule has 2 aromatic rings. The fourth-order valence-corrected chi connectivity index (χ4v) is 3.32. The van der Waals surface area contributed by atoms with Crippen molar-refractivity contribution in [3.8, 4) is 0 Å². The first-order valence-corrected chi connectivity index (χ1v) is 11.9. The third kappa shape index (κ3) is 9.55. The summed E-state index contributed by atoms with van der Waals surface area (Å²) >= 11 is 1.02. The van der Waals surface area contributed by atoms with E-state index >= 15 is 0 Å². The van der Waals surface area contributed by atoms with Crippen molar-refractivity contribution in [1.82, 2.24) is 0 Å². The van der Waals surface area contributed by atoms with Crippen molar-refractivity contribution in [2.75, 3.05) is 38.4 Å². The first-order valence-electron chi connectivity index (χ1n) is 10.8. The number of carbonyl (C=O) groups is 4. The first kappa shape index (κ1) is 28.1. The number of benzene rings is 2. The molecule has 0 saturated carbocycles. The van der Waals surface area contributed by atoms with E-state index in [1.807, 2.05) is 0 Å². The van der Waals surface area contributed by atoms with Gasteiger partial charge in [-0.05, 0) is 41.5 Å². The molecule has 11 heteroatoms. The fourth-order valence-electron chi connectivity index (χ4n) is 2.68. The average Bonchev–Trinajstić information content (AvgIpc) is 2.87. The van der Waals surface area contributed by atoms with Gasteiger partial charge in [0.1, 0.15) is 25.9 Å². The minimum atomic E-state index is -1.21. The van der Waals surface area contributed by atoms with E-state index in [1.165, 1.54) is 13.2 Å². The van der Waals surface area contributed by atoms with Gasteiger partial charge in [-0.25, -0.2) is 9.59 Å². The molecule has 2 atom stereocenters. The number of hydrogen-bond acceptors (Lipinski definition) is 11. The molecule has 0 aliphatic heterocycles. The Morgan fingerprint density at radius 2 is 1.26 bits per heavy atom. The van der Waals surface area contributed by atoms with Crippen LogP contribution in [-0.2, 0) is 28.5 Å². The maximum atomic E-state index is 12.3. The van der Waals surface area contributed by atoms with Gasteiger partial charge in [0, 0.05) is 0 Å². The number of ether oxygens (including phenoxy) is 4. The lowest BCUT2D eigenvalue weighted by molar-refractivity contribution is -0.144. The van der Waals surface area contributed by atoms with Crippen LogP contribution in [0, 0.1) is 0 Å². The van der Waals surface area contributed by atoms with E-state index in [2.05, 4.69) is 4.74 Å². The van der Waals surface area contributed by atoms with E-state index in [0.717, 1.165) is 11.8 Å². The van der Waals surface area contributed by atoms with Gasteiger partial charge in [-0.15, -0.1) is 11.8 Å². The monoisotopic (exact) mass is 508 g/mol. The van der Waals surface area contributed by atoms with Crippen LogP contribution in [0.15, 0.2) is 36.4 Å². The lowest BCUT2D eigenvalue weighted by Gasteiger charge is -2.12. The highest BCUT2D eigenvalue weighted by atomic mass is 32.2. The molecule has 0 heterocycles. The van der Waals surface area contributed by atoms with E-state index in [-0.39, 0.29) is 36.9 Å². The summed E-state index contributed by atoms with van der Waals surface area (Å²) in [5.74, 6) is -2.40. The lowest BCUT2D eigenvalue weighted by atomic mass is 10.0. The summed E-state index contributed by atoms with van der Waals surface area (Å²) in [4.78, 5) is 47.0. The maximum Gasteiger partial charge on any atom is 0.338 e. The Kier molecular flexibility index (Phi) is 11.5. The van der Waals surface area contributed by atoms with Crippen LogP contribution in [0.5, 0.6) is 0 Å². The number of esters is 4. The van der Waals surface area contributed by atoms with Crippen molar-refractivity contribution < 1.29 is 48.3 Å². The van der Waals surface area contributed by atoms with Gasteiger partial charge in [0.25, 0.3) is 0 Å². The predicted molar refractivity (Wildman–Crippen MR) is 127 cm³/mol. The minimum absolute atomic E-state index is 0.00597. The van der Waals surface area contributed by atoms with E-state index in [9.17, 15) is 29.4 Å². The van der Waals surface area contributed by atoms with Crippen LogP contribution >= 0.6 is 11.8 Å². The fraction of sp³-hybridized carbons (Fsp3) is 0.417. The molecule has 0 saturated heterocycles. The number of fused-ring (bicyclic) bond motifs is 1. The summed E-state index contributed by atoms with van der Waals surface area (Å²) in [7, 11) is 1.24. The zero-order chi connectivity index (χ0) is 25.8. The lowest BCUT2D eigenvalue weighted by Crippen LogP contribution is -2.26. The van der Waals surface area contributed by atoms with Crippen molar-refractivity contribution in [1.29, 1.82) is 0 Å². The SMILES string of the molecule is CCC(O)COC(=O)c1ccc2cc(C(=O)OCC(O)COC(=O)CSCC(=O)OC)ccc2c1. The molecule has 2 unspecified atom stereocenters. The summed E-state index contributed by atoms with van der Waals surface area (Å²) in [6, 6.07) is 9.58. The Bertz CT molecular complexity index is 1040. The van der Waals surface area contributed by atoms with Crippen LogP contribution in [0.1, 0.15) is 34.1 Å². The van der Waals surface area contributed by atoms with E-state index < -0.39 is 36.1 Å². The molecule has 0 radical (unpaired) electrons. The van der Waals surface area contributed by atoms with Crippen molar-refractivity contribution in [2.45, 2.75) is 25.6 Å². The van der Waals surface area contributed by atoms with Gasteiger partial charge in [-0.2, -0.15) is 0 Å². The Labute approximate surface area is 206 Å². The molecule has 0 aliphatic rings. The molecule has 0 aliphatic carbocycles. The summed E-state index contributed by atoms with van der Waals surface area (Å²) in [6.45, 7) is 0.950. The second-order valence-corrected chi connectivity index (χ2v) is 8.43. The summed E-state index contributed by atoms with van der Waals surface area (Å²) in [5, 5.41) is 20.8. The number of methoxy groups -OCH3 is 1. The number of aliphatic hydroxyl groups excluding tert-OH is 2. The highest BCUT2D eigenvalue weighted by Crippen LogP contribution is 2.19. The molecule has 0 bridgehead atoms. The molecule has 190 valence electrons. The molecule has 10 nitrogen and oxygen atoms in total. The van der Waals surface area contributed by atoms with E-state index in [4.69, 9.17) is 14.2 Å². The Morgan fingerprint density at radius 3 is 1.77 bits per heavy atom. The highest BCUT2D eigenvalue weighted by Gasteiger charge is 2.15. The highest BCUT2D eigenvalue weighted by molar-refractivity contribution is 8.00. The molecule has 2 rings (SSSR count). The largest absolute Gasteiger partial charge is 0.468 e. The molecule has 2 aromatic carbocycles. The predicted octanol–water partition coefficient (Wildman–Crippen LogP) is 1.73. The normalized spacial score (nSPS) is 12.5. The third-order valence-corrected chi connectivity index (χ3v) is 5.58. The quantitative estimate of drug-likeness (QED) is 0.301. The molecule has 0 aromatic heterocycles. The van der Waals surface area contributed by atoms with Gasteiger partial charge in [0.15, 0.2) is 0 Å². The van der Waals surface area contributed by atoms with E-state index in [1.54, 1.807) is 37.3 Å². The number of thioether (sulfide) groups is 1. The third-order valence-electron chi connectivity index (χ3n) is 4.70. The molecule has 0 amide bonds.